The van der Waals surface area contributed by atoms with Crippen molar-refractivity contribution >= 4 is 11.6 Å². The fraction of sp³-hybridized carbons (Fsp3) is 0.200. The number of methoxy groups -OCH3 is 1. The second kappa shape index (κ2) is 9.80. The molecule has 0 heterocycles. The van der Waals surface area contributed by atoms with E-state index < -0.39 is 0 Å². The summed E-state index contributed by atoms with van der Waals surface area (Å²) in [5.41, 5.74) is 4.24. The van der Waals surface area contributed by atoms with Crippen molar-refractivity contribution < 1.29 is 14.6 Å². The summed E-state index contributed by atoms with van der Waals surface area (Å²) in [6, 6.07) is 23.3. The number of hydrogen-bond donors (Lipinski definition) is 1. The summed E-state index contributed by atoms with van der Waals surface area (Å²) in [7, 11) is 5.72. The van der Waals surface area contributed by atoms with Gasteiger partial charge in [0.15, 0.2) is 0 Å². The SMILES string of the molecule is COc1ccc(/C=C(/c2ccc(O)cc2)c2ccc(OCCN(C)C)cc2)cc1. The van der Waals surface area contributed by atoms with Gasteiger partial charge in [-0.3, -0.25) is 0 Å². The first-order valence-corrected chi connectivity index (χ1v) is 9.58. The molecule has 0 saturated heterocycles. The summed E-state index contributed by atoms with van der Waals surface area (Å²) < 4.78 is 11.1. The maximum Gasteiger partial charge on any atom is 0.119 e. The van der Waals surface area contributed by atoms with Crippen LogP contribution < -0.4 is 9.47 Å². The van der Waals surface area contributed by atoms with E-state index in [-0.39, 0.29) is 5.75 Å². The summed E-state index contributed by atoms with van der Waals surface area (Å²) in [6.07, 6.45) is 2.13. The van der Waals surface area contributed by atoms with E-state index in [4.69, 9.17) is 9.47 Å². The summed E-state index contributed by atoms with van der Waals surface area (Å²) >= 11 is 0. The minimum Gasteiger partial charge on any atom is -0.508 e. The molecule has 3 rings (SSSR count). The number of phenolic OH excluding ortho intramolecular Hbond substituents is 1. The molecular weight excluding hydrogens is 362 g/mol. The second-order valence-corrected chi connectivity index (χ2v) is 7.05. The van der Waals surface area contributed by atoms with Crippen LogP contribution in [-0.2, 0) is 0 Å². The van der Waals surface area contributed by atoms with Crippen LogP contribution in [0.2, 0.25) is 0 Å². The predicted molar refractivity (Wildman–Crippen MR) is 119 cm³/mol. The normalized spacial score (nSPS) is 11.5. The number of ether oxygens (including phenoxy) is 2. The molecule has 0 radical (unpaired) electrons. The molecule has 0 aliphatic carbocycles. The lowest BCUT2D eigenvalue weighted by Crippen LogP contribution is -2.19. The van der Waals surface area contributed by atoms with Gasteiger partial charge in [0.2, 0.25) is 0 Å². The van der Waals surface area contributed by atoms with Crippen molar-refractivity contribution in [1.29, 1.82) is 0 Å². The predicted octanol–water partition coefficient (Wildman–Crippen LogP) is 4.93. The number of rotatable bonds is 8. The Morgan fingerprint density at radius 1 is 0.828 bits per heavy atom. The van der Waals surface area contributed by atoms with Crippen LogP contribution in [0.25, 0.3) is 11.6 Å². The summed E-state index contributed by atoms with van der Waals surface area (Å²) in [5, 5.41) is 9.66. The lowest BCUT2D eigenvalue weighted by molar-refractivity contribution is 0.261. The fourth-order valence-electron chi connectivity index (χ4n) is 2.92. The maximum atomic E-state index is 9.66. The van der Waals surface area contributed by atoms with Gasteiger partial charge in [-0.2, -0.15) is 0 Å². The summed E-state index contributed by atoms with van der Waals surface area (Å²) in [5.74, 6) is 1.93. The zero-order valence-electron chi connectivity index (χ0n) is 17.1. The molecule has 0 bridgehead atoms. The molecule has 0 aliphatic rings. The Morgan fingerprint density at radius 3 is 1.93 bits per heavy atom. The van der Waals surface area contributed by atoms with Crippen LogP contribution in [0.4, 0.5) is 0 Å². The molecular formula is C25H27NO3. The van der Waals surface area contributed by atoms with Gasteiger partial charge in [-0.1, -0.05) is 36.4 Å². The number of aromatic hydroxyl groups is 1. The van der Waals surface area contributed by atoms with E-state index in [1.165, 1.54) is 0 Å². The van der Waals surface area contributed by atoms with Gasteiger partial charge in [-0.25, -0.2) is 0 Å². The van der Waals surface area contributed by atoms with Crippen molar-refractivity contribution in [2.45, 2.75) is 0 Å². The molecule has 0 unspecified atom stereocenters. The minimum atomic E-state index is 0.252. The van der Waals surface area contributed by atoms with Gasteiger partial charge < -0.3 is 19.5 Å². The number of benzene rings is 3. The molecule has 4 heteroatoms. The smallest absolute Gasteiger partial charge is 0.119 e. The van der Waals surface area contributed by atoms with Crippen LogP contribution in [-0.4, -0.2) is 44.4 Å². The van der Waals surface area contributed by atoms with Crippen LogP contribution in [0.3, 0.4) is 0 Å². The quantitative estimate of drug-likeness (QED) is 0.555. The molecule has 29 heavy (non-hydrogen) atoms. The number of likely N-dealkylation sites (N-methyl/N-ethyl adjacent to an activating group) is 1. The maximum absolute atomic E-state index is 9.66. The van der Waals surface area contributed by atoms with Gasteiger partial charge in [-0.15, -0.1) is 0 Å². The van der Waals surface area contributed by atoms with E-state index >= 15 is 0 Å². The third-order valence-corrected chi connectivity index (χ3v) is 4.58. The van der Waals surface area contributed by atoms with Gasteiger partial charge in [0.05, 0.1) is 7.11 Å². The summed E-state index contributed by atoms with van der Waals surface area (Å²) in [4.78, 5) is 2.09. The Hall–Kier alpha value is -3.24. The molecule has 150 valence electrons. The minimum absolute atomic E-state index is 0.252. The van der Waals surface area contributed by atoms with Gasteiger partial charge >= 0.3 is 0 Å². The molecule has 0 fully saturated rings. The highest BCUT2D eigenvalue weighted by Crippen LogP contribution is 2.29. The molecule has 3 aromatic rings. The van der Waals surface area contributed by atoms with Crippen LogP contribution >= 0.6 is 0 Å². The molecule has 0 saturated carbocycles. The number of nitrogens with zero attached hydrogens (tertiary/aromatic N) is 1. The third kappa shape index (κ3) is 5.87. The van der Waals surface area contributed by atoms with Gasteiger partial charge in [-0.05, 0) is 78.8 Å². The van der Waals surface area contributed by atoms with Crippen LogP contribution in [0.5, 0.6) is 17.2 Å². The zero-order chi connectivity index (χ0) is 20.6. The second-order valence-electron chi connectivity index (χ2n) is 7.05. The molecule has 4 nitrogen and oxygen atoms in total. The van der Waals surface area contributed by atoms with E-state index in [1.807, 2.05) is 62.6 Å². The topological polar surface area (TPSA) is 41.9 Å². The van der Waals surface area contributed by atoms with E-state index in [0.29, 0.717) is 6.61 Å². The lowest BCUT2D eigenvalue weighted by Gasteiger charge is -2.13. The molecule has 0 atom stereocenters. The van der Waals surface area contributed by atoms with Crippen molar-refractivity contribution in [2.75, 3.05) is 34.4 Å². The Bertz CT molecular complexity index is 927. The van der Waals surface area contributed by atoms with E-state index in [9.17, 15) is 5.11 Å². The summed E-state index contributed by atoms with van der Waals surface area (Å²) in [6.45, 7) is 1.52. The lowest BCUT2D eigenvalue weighted by atomic mass is 9.95. The van der Waals surface area contributed by atoms with E-state index in [0.717, 1.165) is 40.3 Å². The van der Waals surface area contributed by atoms with Gasteiger partial charge in [0.25, 0.3) is 0 Å². The third-order valence-electron chi connectivity index (χ3n) is 4.58. The van der Waals surface area contributed by atoms with Crippen LogP contribution in [0, 0.1) is 0 Å². The number of phenols is 1. The zero-order valence-corrected chi connectivity index (χ0v) is 17.1. The molecule has 0 amide bonds. The average Bonchev–Trinajstić information content (AvgIpc) is 2.74. The van der Waals surface area contributed by atoms with Crippen molar-refractivity contribution in [3.05, 3.63) is 89.5 Å². The first-order valence-electron chi connectivity index (χ1n) is 9.58. The molecule has 0 spiro atoms. The first-order chi connectivity index (χ1) is 14.0. The van der Waals surface area contributed by atoms with E-state index in [1.54, 1.807) is 19.2 Å². The molecule has 1 N–H and O–H groups in total. The van der Waals surface area contributed by atoms with Crippen LogP contribution in [0.1, 0.15) is 16.7 Å². The highest BCUT2D eigenvalue weighted by molar-refractivity contribution is 5.91. The Morgan fingerprint density at radius 2 is 1.38 bits per heavy atom. The monoisotopic (exact) mass is 389 g/mol. The van der Waals surface area contributed by atoms with Crippen molar-refractivity contribution in [2.24, 2.45) is 0 Å². The van der Waals surface area contributed by atoms with Crippen LogP contribution in [0.15, 0.2) is 72.8 Å². The largest absolute Gasteiger partial charge is 0.508 e. The van der Waals surface area contributed by atoms with Crippen molar-refractivity contribution in [1.82, 2.24) is 4.90 Å². The van der Waals surface area contributed by atoms with Gasteiger partial charge in [0.1, 0.15) is 23.9 Å². The highest BCUT2D eigenvalue weighted by Gasteiger charge is 2.07. The Labute approximate surface area is 172 Å². The number of hydrogen-bond acceptors (Lipinski definition) is 4. The first kappa shape index (κ1) is 20.5. The molecule has 0 aromatic heterocycles. The molecule has 3 aromatic carbocycles. The highest BCUT2D eigenvalue weighted by atomic mass is 16.5. The Balaban J connectivity index is 1.90. The fourth-order valence-corrected chi connectivity index (χ4v) is 2.92. The Kier molecular flexibility index (Phi) is 6.93. The van der Waals surface area contributed by atoms with E-state index in [2.05, 4.69) is 23.1 Å². The van der Waals surface area contributed by atoms with Crippen molar-refractivity contribution in [3.8, 4) is 17.2 Å². The van der Waals surface area contributed by atoms with Crippen molar-refractivity contribution in [3.63, 3.8) is 0 Å². The van der Waals surface area contributed by atoms with Gasteiger partial charge in [0, 0.05) is 6.54 Å². The standard InChI is InChI=1S/C25H27NO3/c1-26(2)16-17-29-24-14-8-21(9-15-24)25(20-6-10-22(27)11-7-20)18-19-4-12-23(28-3)13-5-19/h4-15,18,27H,16-17H2,1-3H3/b25-18-. The average molecular weight is 389 g/mol. The molecule has 0 aliphatic heterocycles.